The largest absolute Gasteiger partial charge is 0.411 e. The van der Waals surface area contributed by atoms with Gasteiger partial charge in [0.05, 0.1) is 5.71 Å². The second-order valence-electron chi connectivity index (χ2n) is 5.99. The molecular formula is C16H21NO2. The first-order valence-electron chi connectivity index (χ1n) is 7.23. The van der Waals surface area contributed by atoms with Crippen LogP contribution >= 0.6 is 0 Å². The Kier molecular flexibility index (Phi) is 3.31. The average Bonchev–Trinajstić information content (AvgIpc) is 2.47. The Morgan fingerprint density at radius 3 is 2.42 bits per heavy atom. The highest BCUT2D eigenvalue weighted by molar-refractivity contribution is 5.93. The molecule has 0 spiro atoms. The molecule has 0 unspecified atom stereocenters. The topological polar surface area (TPSA) is 52.8 Å². The zero-order valence-corrected chi connectivity index (χ0v) is 11.1. The van der Waals surface area contributed by atoms with Crippen molar-refractivity contribution >= 4 is 5.71 Å². The van der Waals surface area contributed by atoms with Crippen LogP contribution in [0.1, 0.15) is 44.1 Å². The third kappa shape index (κ3) is 2.16. The molecule has 0 radical (unpaired) electrons. The molecule has 2 N–H and O–H groups in total. The number of hydrogen-bond donors (Lipinski definition) is 2. The fraction of sp³-hybridized carbons (Fsp3) is 0.562. The lowest BCUT2D eigenvalue weighted by Gasteiger charge is -2.44. The molecule has 3 heteroatoms. The van der Waals surface area contributed by atoms with Crippen LogP contribution in [0.25, 0.3) is 0 Å². The van der Waals surface area contributed by atoms with Gasteiger partial charge in [-0.3, -0.25) is 0 Å². The van der Waals surface area contributed by atoms with Crippen molar-refractivity contribution in [2.24, 2.45) is 17.0 Å². The molecule has 1 aromatic carbocycles. The van der Waals surface area contributed by atoms with Gasteiger partial charge in [0.15, 0.2) is 0 Å². The van der Waals surface area contributed by atoms with E-state index >= 15 is 0 Å². The molecule has 102 valence electrons. The minimum Gasteiger partial charge on any atom is -0.411 e. The van der Waals surface area contributed by atoms with Gasteiger partial charge in [0.2, 0.25) is 0 Å². The molecule has 0 saturated heterocycles. The first-order valence-corrected chi connectivity index (χ1v) is 7.23. The molecule has 2 aliphatic carbocycles. The van der Waals surface area contributed by atoms with E-state index in [-0.39, 0.29) is 0 Å². The summed E-state index contributed by atoms with van der Waals surface area (Å²) in [5, 5.41) is 23.8. The number of fused-ring (bicyclic) bond motifs is 1. The Balaban J connectivity index is 1.95. The van der Waals surface area contributed by atoms with E-state index in [9.17, 15) is 10.3 Å². The van der Waals surface area contributed by atoms with Gasteiger partial charge in [-0.2, -0.15) is 0 Å². The van der Waals surface area contributed by atoms with Crippen molar-refractivity contribution in [1.29, 1.82) is 0 Å². The second-order valence-corrected chi connectivity index (χ2v) is 5.99. The second kappa shape index (κ2) is 4.97. The van der Waals surface area contributed by atoms with Crippen LogP contribution < -0.4 is 0 Å². The summed E-state index contributed by atoms with van der Waals surface area (Å²) in [7, 11) is 0. The summed E-state index contributed by atoms with van der Waals surface area (Å²) in [6.07, 6.45) is 6.35. The van der Waals surface area contributed by atoms with Gasteiger partial charge in [-0.25, -0.2) is 0 Å². The van der Waals surface area contributed by atoms with Gasteiger partial charge in [-0.1, -0.05) is 54.8 Å². The van der Waals surface area contributed by atoms with Crippen molar-refractivity contribution in [3.8, 4) is 0 Å². The van der Waals surface area contributed by atoms with Gasteiger partial charge in [0.25, 0.3) is 0 Å². The lowest BCUT2D eigenvalue weighted by molar-refractivity contribution is 0.0305. The molecule has 0 aromatic heterocycles. The number of oxime groups is 1. The predicted octanol–water partition coefficient (Wildman–Crippen LogP) is 3.30. The predicted molar refractivity (Wildman–Crippen MR) is 74.2 cm³/mol. The summed E-state index contributed by atoms with van der Waals surface area (Å²) >= 11 is 0. The van der Waals surface area contributed by atoms with E-state index < -0.39 is 5.60 Å². The monoisotopic (exact) mass is 259 g/mol. The first-order chi connectivity index (χ1) is 9.24. The molecule has 19 heavy (non-hydrogen) atoms. The molecule has 2 saturated carbocycles. The highest BCUT2D eigenvalue weighted by atomic mass is 16.4. The van der Waals surface area contributed by atoms with Crippen molar-refractivity contribution < 1.29 is 10.3 Å². The van der Waals surface area contributed by atoms with Gasteiger partial charge in [0, 0.05) is 0 Å². The minimum atomic E-state index is -1.07. The minimum absolute atomic E-state index is 0.543. The average molecular weight is 259 g/mol. The maximum absolute atomic E-state index is 11.1. The van der Waals surface area contributed by atoms with Gasteiger partial charge in [-0.05, 0) is 36.7 Å². The van der Waals surface area contributed by atoms with Crippen molar-refractivity contribution in [3.05, 3.63) is 35.9 Å². The highest BCUT2D eigenvalue weighted by Crippen LogP contribution is 2.46. The summed E-state index contributed by atoms with van der Waals surface area (Å²) in [5.74, 6) is 1.15. The van der Waals surface area contributed by atoms with Gasteiger partial charge in [-0.15, -0.1) is 0 Å². The van der Waals surface area contributed by atoms with Crippen LogP contribution in [0.2, 0.25) is 0 Å². The molecule has 2 aliphatic rings. The molecule has 0 bridgehead atoms. The Morgan fingerprint density at radius 1 is 1.05 bits per heavy atom. The van der Waals surface area contributed by atoms with Crippen LogP contribution in [0, 0.1) is 11.8 Å². The van der Waals surface area contributed by atoms with E-state index in [1.54, 1.807) is 0 Å². The molecule has 0 amide bonds. The van der Waals surface area contributed by atoms with Crippen molar-refractivity contribution in [2.75, 3.05) is 0 Å². The lowest BCUT2D eigenvalue weighted by atomic mass is 9.63. The number of hydrogen-bond acceptors (Lipinski definition) is 3. The Morgan fingerprint density at radius 2 is 1.74 bits per heavy atom. The normalized spacial score (nSPS) is 37.0. The standard InChI is InChI=1S/C16H21NO2/c18-16(14-8-2-1-3-9-14)11-13-7-5-4-6-12(13)10-15(16)17-19/h1-3,8-9,12-13,18-19H,4-7,10-11H2/b17-15+/t12-,13-,16+/m0/s1. The van der Waals surface area contributed by atoms with Crippen molar-refractivity contribution in [2.45, 2.75) is 44.1 Å². The number of nitrogens with zero attached hydrogens (tertiary/aromatic N) is 1. The third-order valence-corrected chi connectivity index (χ3v) is 4.93. The molecule has 2 fully saturated rings. The summed E-state index contributed by atoms with van der Waals surface area (Å²) in [4.78, 5) is 0. The molecule has 0 aliphatic heterocycles. The zero-order valence-electron chi connectivity index (χ0n) is 11.1. The van der Waals surface area contributed by atoms with Gasteiger partial charge >= 0.3 is 0 Å². The van der Waals surface area contributed by atoms with E-state index in [0.29, 0.717) is 24.0 Å². The molecular weight excluding hydrogens is 238 g/mol. The van der Waals surface area contributed by atoms with E-state index in [0.717, 1.165) is 12.0 Å². The summed E-state index contributed by atoms with van der Waals surface area (Å²) in [5.41, 5.74) is 0.322. The Bertz CT molecular complexity index is 471. The van der Waals surface area contributed by atoms with Crippen LogP contribution in [-0.4, -0.2) is 16.0 Å². The first kappa shape index (κ1) is 12.7. The smallest absolute Gasteiger partial charge is 0.131 e. The van der Waals surface area contributed by atoms with Crippen LogP contribution in [0.4, 0.5) is 0 Å². The number of rotatable bonds is 1. The Labute approximate surface area is 114 Å². The van der Waals surface area contributed by atoms with Crippen LogP contribution in [-0.2, 0) is 5.60 Å². The van der Waals surface area contributed by atoms with Crippen molar-refractivity contribution in [1.82, 2.24) is 0 Å². The Hall–Kier alpha value is -1.35. The SMILES string of the molecule is O/N=C1\C[C@@H]2CCCC[C@H]2C[C@@]1(O)c1ccccc1. The summed E-state index contributed by atoms with van der Waals surface area (Å²) in [6.45, 7) is 0. The van der Waals surface area contributed by atoms with Crippen LogP contribution in [0.15, 0.2) is 35.5 Å². The molecule has 3 nitrogen and oxygen atoms in total. The highest BCUT2D eigenvalue weighted by Gasteiger charge is 2.46. The van der Waals surface area contributed by atoms with Crippen LogP contribution in [0.5, 0.6) is 0 Å². The molecule has 1 aromatic rings. The number of aliphatic hydroxyl groups is 1. The molecule has 3 rings (SSSR count). The lowest BCUT2D eigenvalue weighted by Crippen LogP contribution is -2.46. The summed E-state index contributed by atoms with van der Waals surface area (Å²) in [6, 6.07) is 9.64. The third-order valence-electron chi connectivity index (χ3n) is 4.93. The van der Waals surface area contributed by atoms with Crippen LogP contribution in [0.3, 0.4) is 0 Å². The fourth-order valence-electron chi connectivity index (χ4n) is 3.86. The quantitative estimate of drug-likeness (QED) is 0.600. The number of benzene rings is 1. The van der Waals surface area contributed by atoms with E-state index in [2.05, 4.69) is 5.16 Å². The maximum atomic E-state index is 11.1. The van der Waals surface area contributed by atoms with Gasteiger partial charge < -0.3 is 10.3 Å². The van der Waals surface area contributed by atoms with E-state index in [1.807, 2.05) is 30.3 Å². The zero-order chi connectivity index (χ0) is 13.3. The fourth-order valence-corrected chi connectivity index (χ4v) is 3.86. The summed E-state index contributed by atoms with van der Waals surface area (Å²) < 4.78 is 0. The van der Waals surface area contributed by atoms with E-state index in [1.165, 1.54) is 25.7 Å². The van der Waals surface area contributed by atoms with E-state index in [4.69, 9.17) is 0 Å². The van der Waals surface area contributed by atoms with Crippen molar-refractivity contribution in [3.63, 3.8) is 0 Å². The molecule has 3 atom stereocenters. The molecule has 0 heterocycles. The van der Waals surface area contributed by atoms with Gasteiger partial charge in [0.1, 0.15) is 5.60 Å². The maximum Gasteiger partial charge on any atom is 0.131 e.